The summed E-state index contributed by atoms with van der Waals surface area (Å²) in [5, 5.41) is 11.6. The van der Waals surface area contributed by atoms with Crippen molar-refractivity contribution in [3.8, 4) is 0 Å². The van der Waals surface area contributed by atoms with E-state index in [0.717, 1.165) is 14.8 Å². The number of carbonyl (C=O) groups is 1. The Kier molecular flexibility index (Phi) is 5.87. The molecule has 0 aliphatic carbocycles. The van der Waals surface area contributed by atoms with Crippen LogP contribution < -0.4 is 5.32 Å². The topological polar surface area (TPSA) is 52.6 Å². The summed E-state index contributed by atoms with van der Waals surface area (Å²) in [7, 11) is 1.80. The lowest BCUT2D eigenvalue weighted by atomic mass is 10.2. The lowest BCUT2D eigenvalue weighted by Gasteiger charge is -2.15. The fraction of sp³-hybridized carbons (Fsp3) is 0.417. The van der Waals surface area contributed by atoms with Crippen LogP contribution in [0.2, 0.25) is 0 Å². The van der Waals surface area contributed by atoms with E-state index in [1.54, 1.807) is 11.9 Å². The van der Waals surface area contributed by atoms with Gasteiger partial charge in [-0.3, -0.25) is 9.69 Å². The van der Waals surface area contributed by atoms with Gasteiger partial charge in [0.1, 0.15) is 0 Å². The summed E-state index contributed by atoms with van der Waals surface area (Å²) in [4.78, 5) is 13.5. The number of hydrogen-bond acceptors (Lipinski definition) is 3. The number of nitrogens with one attached hydrogen (secondary N) is 1. The molecule has 4 nitrogen and oxygen atoms in total. The van der Waals surface area contributed by atoms with Gasteiger partial charge in [-0.1, -0.05) is 0 Å². The molecule has 0 bridgehead atoms. The van der Waals surface area contributed by atoms with E-state index in [-0.39, 0.29) is 19.1 Å². The molecule has 0 atom stereocenters. The molecule has 1 aromatic rings. The molecule has 17 heavy (non-hydrogen) atoms. The lowest BCUT2D eigenvalue weighted by molar-refractivity contribution is -0.117. The minimum absolute atomic E-state index is 0.0618. The van der Waals surface area contributed by atoms with Crippen molar-refractivity contribution in [3.05, 3.63) is 27.3 Å². The fourth-order valence-corrected chi connectivity index (χ4v) is 2.10. The molecule has 0 aromatic heterocycles. The van der Waals surface area contributed by atoms with Crippen LogP contribution in [0.5, 0.6) is 0 Å². The first-order valence-electron chi connectivity index (χ1n) is 5.38. The Hall–Kier alpha value is -0.660. The number of amides is 1. The van der Waals surface area contributed by atoms with Gasteiger partial charge in [-0.2, -0.15) is 0 Å². The molecular weight excluding hydrogens is 331 g/mol. The zero-order valence-electron chi connectivity index (χ0n) is 10.0. The highest BCUT2D eigenvalue weighted by Gasteiger charge is 2.07. The average molecular weight is 348 g/mol. The molecule has 94 valence electrons. The largest absolute Gasteiger partial charge is 0.395 e. The minimum Gasteiger partial charge on any atom is -0.395 e. The number of benzene rings is 1. The molecule has 1 aromatic carbocycles. The van der Waals surface area contributed by atoms with E-state index < -0.39 is 0 Å². The number of carbonyl (C=O) groups excluding carboxylic acids is 1. The maximum Gasteiger partial charge on any atom is 0.238 e. The second kappa shape index (κ2) is 6.93. The normalized spacial score (nSPS) is 10.6. The summed E-state index contributed by atoms with van der Waals surface area (Å²) < 4.78 is 1.15. The van der Waals surface area contributed by atoms with E-state index in [0.29, 0.717) is 6.54 Å². The average Bonchev–Trinajstić information content (AvgIpc) is 2.22. The number of nitrogens with zero attached hydrogens (tertiary/aromatic N) is 1. The van der Waals surface area contributed by atoms with Gasteiger partial charge in [0.25, 0.3) is 0 Å². The fourth-order valence-electron chi connectivity index (χ4n) is 1.45. The van der Waals surface area contributed by atoms with Crippen LogP contribution in [0, 0.1) is 10.5 Å². The van der Waals surface area contributed by atoms with Crippen molar-refractivity contribution in [3.63, 3.8) is 0 Å². The van der Waals surface area contributed by atoms with Crippen LogP contribution in [0.1, 0.15) is 5.56 Å². The van der Waals surface area contributed by atoms with Crippen molar-refractivity contribution in [2.45, 2.75) is 6.92 Å². The lowest BCUT2D eigenvalue weighted by Crippen LogP contribution is -2.32. The number of rotatable bonds is 5. The Morgan fingerprint density at radius 1 is 1.53 bits per heavy atom. The molecule has 1 amide bonds. The molecule has 2 N–H and O–H groups in total. The van der Waals surface area contributed by atoms with Crippen molar-refractivity contribution < 1.29 is 9.90 Å². The summed E-state index contributed by atoms with van der Waals surface area (Å²) in [5.74, 6) is -0.0646. The van der Waals surface area contributed by atoms with Gasteiger partial charge in [-0.05, 0) is 60.3 Å². The molecule has 0 saturated carbocycles. The zero-order valence-corrected chi connectivity index (χ0v) is 12.2. The maximum absolute atomic E-state index is 11.7. The minimum atomic E-state index is -0.0646. The summed E-state index contributed by atoms with van der Waals surface area (Å²) in [6.07, 6.45) is 0. The van der Waals surface area contributed by atoms with Crippen LogP contribution in [-0.2, 0) is 4.79 Å². The predicted octanol–water partition coefficient (Wildman–Crippen LogP) is 1.46. The van der Waals surface area contributed by atoms with Gasteiger partial charge >= 0.3 is 0 Å². The number of aliphatic hydroxyl groups is 1. The molecule has 0 aliphatic heterocycles. The van der Waals surface area contributed by atoms with E-state index in [1.165, 1.54) is 0 Å². The van der Waals surface area contributed by atoms with Crippen LogP contribution in [0.25, 0.3) is 0 Å². The number of anilines is 1. The van der Waals surface area contributed by atoms with E-state index in [9.17, 15) is 4.79 Å². The standard InChI is InChI=1S/C12H17IN2O2/c1-9-7-10(13)3-4-11(9)14-12(17)8-15(2)5-6-16/h3-4,7,16H,5-6,8H2,1-2H3,(H,14,17). The highest BCUT2D eigenvalue weighted by molar-refractivity contribution is 14.1. The summed E-state index contributed by atoms with van der Waals surface area (Å²) in [6, 6.07) is 5.88. The molecule has 1 rings (SSSR count). The third-order valence-electron chi connectivity index (χ3n) is 2.36. The van der Waals surface area contributed by atoms with Crippen molar-refractivity contribution in [1.82, 2.24) is 4.90 Å². The van der Waals surface area contributed by atoms with Crippen molar-refractivity contribution >= 4 is 34.2 Å². The monoisotopic (exact) mass is 348 g/mol. The molecule has 5 heteroatoms. The molecule has 0 spiro atoms. The van der Waals surface area contributed by atoms with Crippen LogP contribution in [0.3, 0.4) is 0 Å². The van der Waals surface area contributed by atoms with Crippen molar-refractivity contribution in [2.75, 3.05) is 32.1 Å². The Labute approximate surface area is 115 Å². The van der Waals surface area contributed by atoms with Gasteiger partial charge in [0, 0.05) is 15.8 Å². The van der Waals surface area contributed by atoms with Crippen molar-refractivity contribution in [2.24, 2.45) is 0 Å². The first-order chi connectivity index (χ1) is 8.02. The number of aliphatic hydroxyl groups excluding tert-OH is 1. The zero-order chi connectivity index (χ0) is 12.8. The molecule has 0 radical (unpaired) electrons. The van der Waals surface area contributed by atoms with Gasteiger partial charge in [0.15, 0.2) is 0 Å². The summed E-state index contributed by atoms with van der Waals surface area (Å²) in [5.41, 5.74) is 1.89. The summed E-state index contributed by atoms with van der Waals surface area (Å²) in [6.45, 7) is 2.81. The third-order valence-corrected chi connectivity index (χ3v) is 3.03. The quantitative estimate of drug-likeness (QED) is 0.793. The van der Waals surface area contributed by atoms with Gasteiger partial charge in [0.05, 0.1) is 13.2 Å². The van der Waals surface area contributed by atoms with E-state index in [1.807, 2.05) is 25.1 Å². The van der Waals surface area contributed by atoms with Gasteiger partial charge in [-0.15, -0.1) is 0 Å². The Morgan fingerprint density at radius 3 is 2.82 bits per heavy atom. The first kappa shape index (κ1) is 14.4. The van der Waals surface area contributed by atoms with Crippen molar-refractivity contribution in [1.29, 1.82) is 0 Å². The number of aryl methyl sites for hydroxylation is 1. The highest BCUT2D eigenvalue weighted by atomic mass is 127. The molecule has 0 aliphatic rings. The SMILES string of the molecule is Cc1cc(I)ccc1NC(=O)CN(C)CCO. The number of halogens is 1. The Bertz CT molecular complexity index is 396. The van der Waals surface area contributed by atoms with E-state index >= 15 is 0 Å². The predicted molar refractivity (Wildman–Crippen MR) is 77.1 cm³/mol. The van der Waals surface area contributed by atoms with Crippen LogP contribution in [0.4, 0.5) is 5.69 Å². The van der Waals surface area contributed by atoms with Gasteiger partial charge < -0.3 is 10.4 Å². The molecule has 0 unspecified atom stereocenters. The summed E-state index contributed by atoms with van der Waals surface area (Å²) >= 11 is 2.24. The Morgan fingerprint density at radius 2 is 2.24 bits per heavy atom. The van der Waals surface area contributed by atoms with Crippen LogP contribution in [-0.4, -0.2) is 42.7 Å². The number of hydrogen-bond donors (Lipinski definition) is 2. The maximum atomic E-state index is 11.7. The van der Waals surface area contributed by atoms with Gasteiger partial charge in [-0.25, -0.2) is 0 Å². The first-order valence-corrected chi connectivity index (χ1v) is 6.46. The molecule has 0 fully saturated rings. The molecule has 0 heterocycles. The van der Waals surface area contributed by atoms with E-state index in [4.69, 9.17) is 5.11 Å². The van der Waals surface area contributed by atoms with Gasteiger partial charge in [0.2, 0.25) is 5.91 Å². The Balaban J connectivity index is 2.56. The highest BCUT2D eigenvalue weighted by Crippen LogP contribution is 2.17. The molecular formula is C12H17IN2O2. The van der Waals surface area contributed by atoms with Crippen LogP contribution >= 0.6 is 22.6 Å². The second-order valence-electron chi connectivity index (χ2n) is 3.97. The third kappa shape index (κ3) is 5.01. The van der Waals surface area contributed by atoms with Crippen LogP contribution in [0.15, 0.2) is 18.2 Å². The molecule has 0 saturated heterocycles. The second-order valence-corrected chi connectivity index (χ2v) is 5.21. The smallest absolute Gasteiger partial charge is 0.238 e. The number of likely N-dealkylation sites (N-methyl/N-ethyl adjacent to an activating group) is 1. The van der Waals surface area contributed by atoms with E-state index in [2.05, 4.69) is 27.9 Å².